The van der Waals surface area contributed by atoms with E-state index >= 15 is 0 Å². The number of hydrogen-bond acceptors (Lipinski definition) is 3. The minimum absolute atomic E-state index is 0.0461. The summed E-state index contributed by atoms with van der Waals surface area (Å²) in [5.41, 5.74) is 27.1. The van der Waals surface area contributed by atoms with Crippen LogP contribution in [0, 0.1) is 13.8 Å². The van der Waals surface area contributed by atoms with Gasteiger partial charge in [-0.05, 0) is 165 Å². The molecule has 10 aromatic carbocycles. The highest BCUT2D eigenvalue weighted by atomic mass is 15.2. The first-order valence-corrected chi connectivity index (χ1v) is 23.5. The van der Waals surface area contributed by atoms with E-state index in [1.54, 1.807) is 0 Å². The second-order valence-corrected chi connectivity index (χ2v) is 18.6. The number of aryl methyl sites for hydroxylation is 2. The Hall–Kier alpha value is -8.34. The molecule has 0 fully saturated rings. The molecule has 0 bridgehead atoms. The summed E-state index contributed by atoms with van der Waals surface area (Å²) in [4.78, 5) is 7.45. The number of para-hydroxylation sites is 3. The molecular weight excluding hydrogens is 810 g/mol. The van der Waals surface area contributed by atoms with Crippen LogP contribution in [-0.2, 0) is 5.41 Å². The molecule has 67 heavy (non-hydrogen) atoms. The van der Waals surface area contributed by atoms with E-state index in [0.717, 1.165) is 28.4 Å². The molecule has 0 unspecified atom stereocenters. The zero-order valence-electron chi connectivity index (χ0n) is 37.4. The summed E-state index contributed by atoms with van der Waals surface area (Å²) < 4.78 is 0. The van der Waals surface area contributed by atoms with Crippen LogP contribution in [0.4, 0.5) is 51.2 Å². The minimum Gasteiger partial charge on any atom is -0.311 e. The highest BCUT2D eigenvalue weighted by Gasteiger charge is 2.52. The zero-order valence-corrected chi connectivity index (χ0v) is 37.4. The Bertz CT molecular complexity index is 3570. The molecule has 2 aliphatic heterocycles. The van der Waals surface area contributed by atoms with Crippen LogP contribution in [0.15, 0.2) is 231 Å². The predicted octanol–water partition coefficient (Wildman–Crippen LogP) is 14.2. The Labute approximate surface area is 392 Å². The smallest absolute Gasteiger partial charge is 0.252 e. The Kier molecular flexibility index (Phi) is 8.12. The van der Waals surface area contributed by atoms with Crippen LogP contribution in [0.3, 0.4) is 0 Å². The van der Waals surface area contributed by atoms with Crippen molar-refractivity contribution in [2.24, 2.45) is 0 Å². The predicted molar refractivity (Wildman–Crippen MR) is 281 cm³/mol. The van der Waals surface area contributed by atoms with Crippen molar-refractivity contribution in [3.8, 4) is 22.3 Å². The first-order valence-electron chi connectivity index (χ1n) is 23.5. The van der Waals surface area contributed by atoms with Gasteiger partial charge in [0.25, 0.3) is 6.71 Å². The summed E-state index contributed by atoms with van der Waals surface area (Å²) in [6.07, 6.45) is 0. The number of nitrogens with zero attached hydrogens (tertiary/aromatic N) is 3. The maximum Gasteiger partial charge on any atom is 0.252 e. The number of anilines is 9. The van der Waals surface area contributed by atoms with Crippen LogP contribution < -0.4 is 31.1 Å². The average Bonchev–Trinajstić information content (AvgIpc) is 3.84. The molecule has 0 aromatic heterocycles. The number of fused-ring (bicyclic) bond motifs is 14. The van der Waals surface area contributed by atoms with Gasteiger partial charge in [0.15, 0.2) is 0 Å². The third-order valence-corrected chi connectivity index (χ3v) is 14.9. The van der Waals surface area contributed by atoms with E-state index in [0.29, 0.717) is 0 Å². The summed E-state index contributed by atoms with van der Waals surface area (Å²) in [6.45, 7) is 4.49. The largest absolute Gasteiger partial charge is 0.311 e. The van der Waals surface area contributed by atoms with Gasteiger partial charge in [-0.2, -0.15) is 0 Å². The van der Waals surface area contributed by atoms with Crippen LogP contribution in [0.5, 0.6) is 0 Å². The first kappa shape index (κ1) is 38.0. The monoisotopic (exact) mass is 853 g/mol. The molecule has 4 heteroatoms. The molecule has 1 spiro atoms. The molecular formula is C63H44BN3. The van der Waals surface area contributed by atoms with Crippen molar-refractivity contribution in [1.29, 1.82) is 0 Å². The van der Waals surface area contributed by atoms with Gasteiger partial charge in [-0.1, -0.05) is 152 Å². The maximum absolute atomic E-state index is 2.54. The zero-order chi connectivity index (χ0) is 44.4. The van der Waals surface area contributed by atoms with Crippen molar-refractivity contribution in [3.05, 3.63) is 264 Å². The lowest BCUT2D eigenvalue weighted by Crippen LogP contribution is -2.61. The van der Waals surface area contributed by atoms with Gasteiger partial charge in [0.2, 0.25) is 0 Å². The molecule has 2 heterocycles. The van der Waals surface area contributed by atoms with Gasteiger partial charge in [-0.25, -0.2) is 0 Å². The van der Waals surface area contributed by atoms with Crippen molar-refractivity contribution in [2.75, 3.05) is 14.7 Å². The van der Waals surface area contributed by atoms with Crippen LogP contribution in [-0.4, -0.2) is 6.71 Å². The second kappa shape index (κ2) is 14.3. The van der Waals surface area contributed by atoms with E-state index < -0.39 is 0 Å². The van der Waals surface area contributed by atoms with E-state index in [-0.39, 0.29) is 12.1 Å². The van der Waals surface area contributed by atoms with E-state index in [1.807, 2.05) is 0 Å². The van der Waals surface area contributed by atoms with Crippen molar-refractivity contribution in [1.82, 2.24) is 0 Å². The molecule has 14 rings (SSSR count). The normalized spacial score (nSPS) is 13.9. The summed E-state index contributed by atoms with van der Waals surface area (Å²) in [5, 5.41) is 0. The Balaban J connectivity index is 0.981. The van der Waals surface area contributed by atoms with Crippen molar-refractivity contribution in [2.45, 2.75) is 19.3 Å². The minimum atomic E-state index is -0.389. The lowest BCUT2D eigenvalue weighted by atomic mass is 9.33. The van der Waals surface area contributed by atoms with E-state index in [9.17, 15) is 0 Å². The first-order chi connectivity index (χ1) is 33.1. The molecule has 0 N–H and O–H groups in total. The Morgan fingerprint density at radius 2 is 0.866 bits per heavy atom. The summed E-state index contributed by atoms with van der Waals surface area (Å²) in [6, 6.07) is 86.2. The van der Waals surface area contributed by atoms with Crippen LogP contribution in [0.25, 0.3) is 22.3 Å². The third kappa shape index (κ3) is 5.30. The lowest BCUT2D eigenvalue weighted by molar-refractivity contribution is 0.794. The summed E-state index contributed by atoms with van der Waals surface area (Å²) in [5.74, 6) is 0. The lowest BCUT2D eigenvalue weighted by Gasteiger charge is -2.44. The third-order valence-electron chi connectivity index (χ3n) is 14.9. The molecule has 0 radical (unpaired) electrons. The van der Waals surface area contributed by atoms with Crippen molar-refractivity contribution in [3.63, 3.8) is 0 Å². The van der Waals surface area contributed by atoms with E-state index in [2.05, 4.69) is 259 Å². The SMILES string of the molecule is Cc1cc(N(c2ccccc2)c2ccccc2)cc(N2c3cc(C)ccc3B3c4ccccc4N(c4ccc5c(c4)-c4ccccc4C54c5ccccc5-c5ccccc54)c4cccc2c43)c1. The van der Waals surface area contributed by atoms with Crippen molar-refractivity contribution < 1.29 is 0 Å². The van der Waals surface area contributed by atoms with Crippen LogP contribution in [0.2, 0.25) is 0 Å². The second-order valence-electron chi connectivity index (χ2n) is 18.6. The Morgan fingerprint density at radius 3 is 1.52 bits per heavy atom. The highest BCUT2D eigenvalue weighted by Crippen LogP contribution is 2.63. The number of hydrogen-bond donors (Lipinski definition) is 0. The van der Waals surface area contributed by atoms with Gasteiger partial charge in [0, 0.05) is 51.2 Å². The topological polar surface area (TPSA) is 9.72 Å². The fourth-order valence-electron chi connectivity index (χ4n) is 12.4. The number of benzene rings is 10. The average molecular weight is 854 g/mol. The molecule has 4 aliphatic rings. The molecule has 0 atom stereocenters. The quantitative estimate of drug-likeness (QED) is 0.160. The molecule has 0 amide bonds. The molecule has 10 aromatic rings. The van der Waals surface area contributed by atoms with Gasteiger partial charge in [0.05, 0.1) is 5.41 Å². The fourth-order valence-corrected chi connectivity index (χ4v) is 12.4. The molecule has 0 saturated heterocycles. The summed E-state index contributed by atoms with van der Waals surface area (Å²) in [7, 11) is 0. The fraction of sp³-hybridized carbons (Fsp3) is 0.0476. The van der Waals surface area contributed by atoms with Gasteiger partial charge in [-0.3, -0.25) is 0 Å². The molecule has 3 nitrogen and oxygen atoms in total. The van der Waals surface area contributed by atoms with Crippen LogP contribution >= 0.6 is 0 Å². The van der Waals surface area contributed by atoms with Crippen LogP contribution in [0.1, 0.15) is 33.4 Å². The number of rotatable bonds is 5. The van der Waals surface area contributed by atoms with Gasteiger partial charge in [-0.15, -0.1) is 0 Å². The van der Waals surface area contributed by atoms with Gasteiger partial charge >= 0.3 is 0 Å². The molecule has 2 aliphatic carbocycles. The molecule has 0 saturated carbocycles. The molecule has 314 valence electrons. The van der Waals surface area contributed by atoms with E-state index in [4.69, 9.17) is 0 Å². The maximum atomic E-state index is 2.54. The van der Waals surface area contributed by atoms with Crippen molar-refractivity contribution >= 4 is 74.3 Å². The summed E-state index contributed by atoms with van der Waals surface area (Å²) >= 11 is 0. The standard InChI is InChI=1S/C63H44BN3/c1-41-32-35-57-61(38-41)67(47-37-42(2)36-46(39-47)65(43-18-5-3-6-19-43)44-20-7-4-8-21-44)60-31-17-30-59-62(60)64(57)56-28-15-16-29-58(56)66(59)45-33-34-55-51(40-45)50-24-11-14-27-54(50)63(55)52-25-12-9-22-48(52)49-23-10-13-26-53(49)63/h3-40H,1-2H3. The Morgan fingerprint density at radius 1 is 0.343 bits per heavy atom. The van der Waals surface area contributed by atoms with Gasteiger partial charge < -0.3 is 14.7 Å². The highest BCUT2D eigenvalue weighted by molar-refractivity contribution is 7.00. The van der Waals surface area contributed by atoms with E-state index in [1.165, 1.54) is 94.8 Å². The van der Waals surface area contributed by atoms with Gasteiger partial charge in [0.1, 0.15) is 0 Å².